The van der Waals surface area contributed by atoms with Gasteiger partial charge in [0.05, 0.1) is 5.69 Å². The molecule has 2 heteroatoms. The molecule has 68 valence electrons. The van der Waals surface area contributed by atoms with Crippen LogP contribution in [0.3, 0.4) is 0 Å². The number of hydrogen-bond acceptors (Lipinski definition) is 2. The molecule has 1 aromatic rings. The third-order valence-electron chi connectivity index (χ3n) is 1.63. The number of rotatable bonds is 3. The molecule has 0 saturated carbocycles. The highest BCUT2D eigenvalue weighted by atomic mass is 14.8. The van der Waals surface area contributed by atoms with E-state index in [4.69, 9.17) is 0 Å². The van der Waals surface area contributed by atoms with Crippen molar-refractivity contribution in [3.05, 3.63) is 35.9 Å². The Balaban J connectivity index is 2.97. The lowest BCUT2D eigenvalue weighted by Crippen LogP contribution is -1.87. The second-order valence-electron chi connectivity index (χ2n) is 2.67. The van der Waals surface area contributed by atoms with Crippen molar-refractivity contribution in [1.82, 2.24) is 9.97 Å². The van der Waals surface area contributed by atoms with Gasteiger partial charge in [0.1, 0.15) is 6.33 Å². The van der Waals surface area contributed by atoms with E-state index in [0.29, 0.717) is 0 Å². The Morgan fingerprint density at radius 1 is 1.38 bits per heavy atom. The van der Waals surface area contributed by atoms with E-state index in [2.05, 4.69) is 29.0 Å². The number of nitrogens with zero attached hydrogens (tertiary/aromatic N) is 2. The molecule has 1 aromatic heterocycles. The van der Waals surface area contributed by atoms with Crippen LogP contribution in [0.5, 0.6) is 0 Å². The van der Waals surface area contributed by atoms with Gasteiger partial charge in [-0.05, 0) is 19.4 Å². The quantitative estimate of drug-likeness (QED) is 0.704. The summed E-state index contributed by atoms with van der Waals surface area (Å²) < 4.78 is 0. The van der Waals surface area contributed by atoms with Gasteiger partial charge in [-0.2, -0.15) is 0 Å². The zero-order valence-corrected chi connectivity index (χ0v) is 8.07. The molecule has 13 heavy (non-hydrogen) atoms. The second-order valence-corrected chi connectivity index (χ2v) is 2.67. The van der Waals surface area contributed by atoms with E-state index in [-0.39, 0.29) is 0 Å². The first-order valence-electron chi connectivity index (χ1n) is 4.47. The van der Waals surface area contributed by atoms with Crippen LogP contribution < -0.4 is 0 Å². The van der Waals surface area contributed by atoms with Crippen LogP contribution in [0.1, 0.15) is 31.5 Å². The number of allylic oxidation sites excluding steroid dienone is 2. The van der Waals surface area contributed by atoms with E-state index in [1.807, 2.05) is 25.3 Å². The van der Waals surface area contributed by atoms with Crippen LogP contribution in [0.4, 0.5) is 0 Å². The third-order valence-corrected chi connectivity index (χ3v) is 1.63. The molecular formula is C11H14N2. The maximum Gasteiger partial charge on any atom is 0.116 e. The minimum absolute atomic E-state index is 0.974. The van der Waals surface area contributed by atoms with E-state index in [0.717, 1.165) is 17.7 Å². The predicted octanol–water partition coefficient (Wildman–Crippen LogP) is 2.93. The van der Waals surface area contributed by atoms with E-state index >= 15 is 0 Å². The van der Waals surface area contributed by atoms with Crippen molar-refractivity contribution < 1.29 is 0 Å². The Kier molecular flexibility index (Phi) is 3.89. The minimum Gasteiger partial charge on any atom is -0.244 e. The van der Waals surface area contributed by atoms with Crippen molar-refractivity contribution in [1.29, 1.82) is 0 Å². The summed E-state index contributed by atoms with van der Waals surface area (Å²) in [6.45, 7) is 4.09. The van der Waals surface area contributed by atoms with Crippen molar-refractivity contribution in [3.63, 3.8) is 0 Å². The predicted molar refractivity (Wildman–Crippen MR) is 56.1 cm³/mol. The van der Waals surface area contributed by atoms with Gasteiger partial charge >= 0.3 is 0 Å². The highest BCUT2D eigenvalue weighted by Crippen LogP contribution is 2.08. The summed E-state index contributed by atoms with van der Waals surface area (Å²) in [5.74, 6) is 0. The Hall–Kier alpha value is -1.44. The van der Waals surface area contributed by atoms with Gasteiger partial charge in [-0.3, -0.25) is 0 Å². The van der Waals surface area contributed by atoms with Crippen LogP contribution in [0.15, 0.2) is 24.7 Å². The summed E-state index contributed by atoms with van der Waals surface area (Å²) in [6.07, 6.45) is 12.5. The molecule has 0 atom stereocenters. The fourth-order valence-electron chi connectivity index (χ4n) is 1.02. The average Bonchev–Trinajstić information content (AvgIpc) is 2.17. The molecule has 0 amide bonds. The highest BCUT2D eigenvalue weighted by molar-refractivity contribution is 5.60. The fourth-order valence-corrected chi connectivity index (χ4v) is 1.02. The Morgan fingerprint density at radius 2 is 2.23 bits per heavy atom. The summed E-state index contributed by atoms with van der Waals surface area (Å²) in [6, 6.07) is 0. The summed E-state index contributed by atoms with van der Waals surface area (Å²) in [5.41, 5.74) is 2.05. The Morgan fingerprint density at radius 3 is 2.92 bits per heavy atom. The van der Waals surface area contributed by atoms with Gasteiger partial charge in [0, 0.05) is 11.8 Å². The van der Waals surface area contributed by atoms with Crippen LogP contribution in [-0.2, 0) is 0 Å². The molecule has 1 heterocycles. The number of aromatic nitrogens is 2. The molecule has 0 aromatic carbocycles. The summed E-state index contributed by atoms with van der Waals surface area (Å²) in [7, 11) is 0. The molecule has 0 N–H and O–H groups in total. The molecule has 0 aliphatic heterocycles. The lowest BCUT2D eigenvalue weighted by atomic mass is 10.2. The first-order chi connectivity index (χ1) is 6.38. The van der Waals surface area contributed by atoms with Gasteiger partial charge in [-0.1, -0.05) is 25.2 Å². The van der Waals surface area contributed by atoms with Crippen LogP contribution in [-0.4, -0.2) is 9.97 Å². The normalized spacial score (nSPS) is 11.5. The van der Waals surface area contributed by atoms with Crippen LogP contribution in [0, 0.1) is 0 Å². The smallest absolute Gasteiger partial charge is 0.116 e. The molecule has 0 unspecified atom stereocenters. The monoisotopic (exact) mass is 174 g/mol. The molecule has 0 radical (unpaired) electrons. The van der Waals surface area contributed by atoms with Gasteiger partial charge in [0.2, 0.25) is 0 Å². The van der Waals surface area contributed by atoms with E-state index in [1.54, 1.807) is 6.33 Å². The molecule has 0 aliphatic carbocycles. The first kappa shape index (κ1) is 9.65. The van der Waals surface area contributed by atoms with Crippen molar-refractivity contribution in [2.75, 3.05) is 0 Å². The van der Waals surface area contributed by atoms with E-state index in [9.17, 15) is 0 Å². The molecule has 0 saturated heterocycles. The molecular weight excluding hydrogens is 160 g/mol. The van der Waals surface area contributed by atoms with Crippen molar-refractivity contribution in [3.8, 4) is 0 Å². The van der Waals surface area contributed by atoms with Gasteiger partial charge < -0.3 is 0 Å². The third kappa shape index (κ3) is 2.82. The van der Waals surface area contributed by atoms with Crippen LogP contribution in [0.25, 0.3) is 12.2 Å². The SMILES string of the molecule is C/C=C\c1ncncc1/C=C\CC. The second kappa shape index (κ2) is 5.25. The number of hydrogen-bond donors (Lipinski definition) is 0. The zero-order valence-electron chi connectivity index (χ0n) is 8.07. The topological polar surface area (TPSA) is 25.8 Å². The fraction of sp³-hybridized carbons (Fsp3) is 0.273. The van der Waals surface area contributed by atoms with Gasteiger partial charge in [-0.15, -0.1) is 0 Å². The summed E-state index contributed by atoms with van der Waals surface area (Å²) in [5, 5.41) is 0. The van der Waals surface area contributed by atoms with Gasteiger partial charge in [-0.25, -0.2) is 9.97 Å². The summed E-state index contributed by atoms with van der Waals surface area (Å²) in [4.78, 5) is 8.16. The molecule has 0 aliphatic rings. The van der Waals surface area contributed by atoms with Gasteiger partial charge in [0.15, 0.2) is 0 Å². The lowest BCUT2D eigenvalue weighted by molar-refractivity contribution is 1.14. The Bertz CT molecular complexity index is 314. The van der Waals surface area contributed by atoms with Crippen LogP contribution in [0.2, 0.25) is 0 Å². The van der Waals surface area contributed by atoms with Crippen molar-refractivity contribution in [2.45, 2.75) is 20.3 Å². The molecule has 1 rings (SSSR count). The first-order valence-corrected chi connectivity index (χ1v) is 4.47. The zero-order chi connectivity index (χ0) is 9.52. The van der Waals surface area contributed by atoms with Crippen molar-refractivity contribution >= 4 is 12.2 Å². The van der Waals surface area contributed by atoms with Crippen LogP contribution >= 0.6 is 0 Å². The minimum atomic E-state index is 0.974. The lowest BCUT2D eigenvalue weighted by Gasteiger charge is -1.96. The molecule has 2 nitrogen and oxygen atoms in total. The molecule has 0 spiro atoms. The van der Waals surface area contributed by atoms with Crippen molar-refractivity contribution in [2.24, 2.45) is 0 Å². The van der Waals surface area contributed by atoms with E-state index < -0.39 is 0 Å². The standard InChI is InChI=1S/C11H14N2/c1-3-5-7-10-8-12-9-13-11(10)6-4-2/h4-9H,3H2,1-2H3/b6-4-,7-5-. The largest absolute Gasteiger partial charge is 0.244 e. The van der Waals surface area contributed by atoms with Gasteiger partial charge in [0.25, 0.3) is 0 Å². The molecule has 0 bridgehead atoms. The van der Waals surface area contributed by atoms with E-state index in [1.165, 1.54) is 0 Å². The highest BCUT2D eigenvalue weighted by Gasteiger charge is 1.94. The maximum atomic E-state index is 4.17. The summed E-state index contributed by atoms with van der Waals surface area (Å²) >= 11 is 0. The Labute approximate surface area is 79.0 Å². The maximum absolute atomic E-state index is 4.17. The average molecular weight is 174 g/mol. The molecule has 0 fully saturated rings.